The van der Waals surface area contributed by atoms with E-state index < -0.39 is 0 Å². The Hall–Kier alpha value is -3.45. The standard InChI is InChI=1S/C23H21N5OS/c29-21(25-16-14-19-11-7-8-15-24-19)17-30-23-27-26-22(18-9-3-1-4-10-18)28(23)20-12-5-2-6-13-20/h1-13,15H,14,16-17H2,(H,25,29). The van der Waals surface area contributed by atoms with Crippen LogP contribution in [-0.4, -0.2) is 38.0 Å². The Kier molecular flexibility index (Phi) is 6.51. The highest BCUT2D eigenvalue weighted by Crippen LogP contribution is 2.27. The van der Waals surface area contributed by atoms with Gasteiger partial charge in [0.15, 0.2) is 11.0 Å². The van der Waals surface area contributed by atoms with Gasteiger partial charge in [-0.2, -0.15) is 0 Å². The molecule has 0 fully saturated rings. The number of hydrogen-bond donors (Lipinski definition) is 1. The van der Waals surface area contributed by atoms with E-state index >= 15 is 0 Å². The molecule has 4 aromatic rings. The van der Waals surface area contributed by atoms with Crippen LogP contribution in [0.4, 0.5) is 0 Å². The number of para-hydroxylation sites is 1. The SMILES string of the molecule is O=C(CSc1nnc(-c2ccccc2)n1-c1ccccc1)NCCc1ccccn1. The fraction of sp³-hybridized carbons (Fsp3) is 0.130. The molecule has 4 rings (SSSR count). The number of rotatable bonds is 8. The number of hydrogen-bond acceptors (Lipinski definition) is 5. The third kappa shape index (κ3) is 4.93. The maximum atomic E-state index is 12.3. The first-order valence-corrected chi connectivity index (χ1v) is 10.7. The first-order valence-electron chi connectivity index (χ1n) is 9.67. The maximum Gasteiger partial charge on any atom is 0.230 e. The lowest BCUT2D eigenvalue weighted by Gasteiger charge is -2.10. The van der Waals surface area contributed by atoms with Gasteiger partial charge >= 0.3 is 0 Å². The maximum absolute atomic E-state index is 12.3. The zero-order chi connectivity index (χ0) is 20.6. The Morgan fingerprint density at radius 1 is 0.900 bits per heavy atom. The van der Waals surface area contributed by atoms with E-state index in [2.05, 4.69) is 20.5 Å². The number of nitrogens with one attached hydrogen (secondary N) is 1. The largest absolute Gasteiger partial charge is 0.355 e. The molecule has 0 aliphatic rings. The molecule has 150 valence electrons. The Morgan fingerprint density at radius 3 is 2.37 bits per heavy atom. The molecular formula is C23H21N5OS. The highest BCUT2D eigenvalue weighted by atomic mass is 32.2. The molecule has 0 radical (unpaired) electrons. The van der Waals surface area contributed by atoms with Crippen molar-refractivity contribution in [3.63, 3.8) is 0 Å². The quantitative estimate of drug-likeness (QED) is 0.444. The fourth-order valence-electron chi connectivity index (χ4n) is 3.00. The Morgan fingerprint density at radius 2 is 1.63 bits per heavy atom. The number of thioether (sulfide) groups is 1. The molecule has 0 spiro atoms. The molecule has 30 heavy (non-hydrogen) atoms. The molecule has 7 heteroatoms. The average molecular weight is 416 g/mol. The highest BCUT2D eigenvalue weighted by Gasteiger charge is 2.17. The molecule has 0 saturated carbocycles. The van der Waals surface area contributed by atoms with Crippen molar-refractivity contribution in [2.45, 2.75) is 11.6 Å². The van der Waals surface area contributed by atoms with Gasteiger partial charge in [0.2, 0.25) is 5.91 Å². The molecule has 0 bridgehead atoms. The molecule has 2 aromatic carbocycles. The summed E-state index contributed by atoms with van der Waals surface area (Å²) >= 11 is 1.37. The van der Waals surface area contributed by atoms with Crippen molar-refractivity contribution in [3.05, 3.63) is 90.8 Å². The third-order valence-electron chi connectivity index (χ3n) is 4.44. The fourth-order valence-corrected chi connectivity index (χ4v) is 3.79. The molecule has 0 aliphatic carbocycles. The van der Waals surface area contributed by atoms with Gasteiger partial charge in [0.25, 0.3) is 0 Å². The van der Waals surface area contributed by atoms with E-state index in [0.29, 0.717) is 18.1 Å². The third-order valence-corrected chi connectivity index (χ3v) is 5.37. The number of pyridine rings is 1. The molecule has 0 saturated heterocycles. The summed E-state index contributed by atoms with van der Waals surface area (Å²) in [5.74, 6) is 0.974. The number of carbonyl (C=O) groups is 1. The van der Waals surface area contributed by atoms with Gasteiger partial charge in [0, 0.05) is 36.1 Å². The lowest BCUT2D eigenvalue weighted by Crippen LogP contribution is -2.27. The number of nitrogens with zero attached hydrogens (tertiary/aromatic N) is 4. The smallest absolute Gasteiger partial charge is 0.230 e. The van der Waals surface area contributed by atoms with Crippen LogP contribution in [0, 0.1) is 0 Å². The van der Waals surface area contributed by atoms with E-state index in [0.717, 1.165) is 22.8 Å². The summed E-state index contributed by atoms with van der Waals surface area (Å²) in [6.45, 7) is 0.553. The lowest BCUT2D eigenvalue weighted by atomic mass is 10.2. The van der Waals surface area contributed by atoms with Crippen LogP contribution in [0.5, 0.6) is 0 Å². The summed E-state index contributed by atoms with van der Waals surface area (Å²) in [6, 6.07) is 25.6. The monoisotopic (exact) mass is 415 g/mol. The molecule has 2 heterocycles. The summed E-state index contributed by atoms with van der Waals surface area (Å²) in [5.41, 5.74) is 2.89. The van der Waals surface area contributed by atoms with E-state index in [1.165, 1.54) is 11.8 Å². The predicted octanol–water partition coefficient (Wildman–Crippen LogP) is 3.78. The van der Waals surface area contributed by atoms with Gasteiger partial charge in [-0.25, -0.2) is 0 Å². The van der Waals surface area contributed by atoms with Gasteiger partial charge < -0.3 is 5.32 Å². The van der Waals surface area contributed by atoms with Crippen molar-refractivity contribution in [1.29, 1.82) is 0 Å². The molecule has 6 nitrogen and oxygen atoms in total. The first-order chi connectivity index (χ1) is 14.8. The van der Waals surface area contributed by atoms with Gasteiger partial charge in [0.1, 0.15) is 0 Å². The second-order valence-electron chi connectivity index (χ2n) is 6.55. The minimum Gasteiger partial charge on any atom is -0.355 e. The van der Waals surface area contributed by atoms with Crippen LogP contribution in [0.1, 0.15) is 5.69 Å². The summed E-state index contributed by atoms with van der Waals surface area (Å²) in [4.78, 5) is 16.6. The van der Waals surface area contributed by atoms with Crippen molar-refractivity contribution < 1.29 is 4.79 Å². The van der Waals surface area contributed by atoms with Crippen molar-refractivity contribution in [2.75, 3.05) is 12.3 Å². The van der Waals surface area contributed by atoms with E-state index in [1.807, 2.05) is 83.4 Å². The second-order valence-corrected chi connectivity index (χ2v) is 7.50. The van der Waals surface area contributed by atoms with Gasteiger partial charge in [-0.3, -0.25) is 14.3 Å². The van der Waals surface area contributed by atoms with Crippen molar-refractivity contribution in [3.8, 4) is 17.1 Å². The van der Waals surface area contributed by atoms with Crippen molar-refractivity contribution in [2.24, 2.45) is 0 Å². The molecule has 1 N–H and O–H groups in total. The highest BCUT2D eigenvalue weighted by molar-refractivity contribution is 7.99. The Labute approximate surface area is 179 Å². The van der Waals surface area contributed by atoms with Gasteiger partial charge in [-0.15, -0.1) is 10.2 Å². The topological polar surface area (TPSA) is 72.7 Å². The van der Waals surface area contributed by atoms with Gasteiger partial charge in [0.05, 0.1) is 5.75 Å². The first kappa shape index (κ1) is 19.8. The zero-order valence-corrected chi connectivity index (χ0v) is 17.1. The molecule has 0 unspecified atom stereocenters. The second kappa shape index (κ2) is 9.84. The van der Waals surface area contributed by atoms with E-state index in [9.17, 15) is 4.79 Å². The lowest BCUT2D eigenvalue weighted by molar-refractivity contribution is -0.118. The number of benzene rings is 2. The van der Waals surface area contributed by atoms with E-state index in [-0.39, 0.29) is 11.7 Å². The minimum absolute atomic E-state index is 0.0418. The Balaban J connectivity index is 1.45. The van der Waals surface area contributed by atoms with Crippen LogP contribution in [0.3, 0.4) is 0 Å². The minimum atomic E-state index is -0.0418. The zero-order valence-electron chi connectivity index (χ0n) is 16.3. The van der Waals surface area contributed by atoms with E-state index in [4.69, 9.17) is 0 Å². The normalized spacial score (nSPS) is 10.7. The van der Waals surface area contributed by atoms with Gasteiger partial charge in [-0.1, -0.05) is 66.4 Å². The molecule has 0 aliphatic heterocycles. The summed E-state index contributed by atoms with van der Waals surface area (Å²) in [6.07, 6.45) is 2.46. The van der Waals surface area contributed by atoms with Crippen molar-refractivity contribution in [1.82, 2.24) is 25.1 Å². The summed E-state index contributed by atoms with van der Waals surface area (Å²) in [5, 5.41) is 12.4. The molecule has 0 atom stereocenters. The molecule has 2 aromatic heterocycles. The van der Waals surface area contributed by atoms with Crippen LogP contribution in [-0.2, 0) is 11.2 Å². The summed E-state index contributed by atoms with van der Waals surface area (Å²) in [7, 11) is 0. The number of carbonyl (C=O) groups excluding carboxylic acids is 1. The number of aromatic nitrogens is 4. The van der Waals surface area contributed by atoms with Crippen molar-refractivity contribution >= 4 is 17.7 Å². The van der Waals surface area contributed by atoms with Crippen LogP contribution in [0.2, 0.25) is 0 Å². The van der Waals surface area contributed by atoms with E-state index in [1.54, 1.807) is 6.20 Å². The predicted molar refractivity (Wildman–Crippen MR) is 118 cm³/mol. The van der Waals surface area contributed by atoms with Gasteiger partial charge in [-0.05, 0) is 24.3 Å². The average Bonchev–Trinajstić information content (AvgIpc) is 3.23. The molecule has 1 amide bonds. The van der Waals surface area contributed by atoms with Crippen LogP contribution < -0.4 is 5.32 Å². The van der Waals surface area contributed by atoms with Crippen LogP contribution >= 0.6 is 11.8 Å². The van der Waals surface area contributed by atoms with Crippen LogP contribution in [0.15, 0.2) is 90.2 Å². The Bertz CT molecular complexity index is 1080. The van der Waals surface area contributed by atoms with Crippen LogP contribution in [0.25, 0.3) is 17.1 Å². The summed E-state index contributed by atoms with van der Waals surface area (Å²) < 4.78 is 1.99. The number of amides is 1. The molecular weight excluding hydrogens is 394 g/mol.